The van der Waals surface area contributed by atoms with Crippen molar-refractivity contribution < 1.29 is 14.3 Å². The molecule has 2 aromatic rings. The molecule has 0 bridgehead atoms. The Morgan fingerprint density at radius 1 is 1.14 bits per heavy atom. The highest BCUT2D eigenvalue weighted by molar-refractivity contribution is 6.42. The maximum atomic E-state index is 11.6. The summed E-state index contributed by atoms with van der Waals surface area (Å²) >= 11 is 11.8. The largest absolute Gasteiger partial charge is 0.492 e. The van der Waals surface area contributed by atoms with Crippen LogP contribution in [0.5, 0.6) is 5.75 Å². The Kier molecular flexibility index (Phi) is 5.92. The van der Waals surface area contributed by atoms with E-state index < -0.39 is 0 Å². The SMILES string of the molecule is COC(=O)c1ccccc1NCCOc1ccc(Cl)c(Cl)c1. The van der Waals surface area contributed by atoms with Crippen LogP contribution in [-0.2, 0) is 4.74 Å². The van der Waals surface area contributed by atoms with Gasteiger partial charge in [-0.2, -0.15) is 0 Å². The molecule has 1 N–H and O–H groups in total. The molecule has 0 aliphatic rings. The lowest BCUT2D eigenvalue weighted by molar-refractivity contribution is 0.0602. The van der Waals surface area contributed by atoms with Crippen molar-refractivity contribution in [1.82, 2.24) is 0 Å². The van der Waals surface area contributed by atoms with Crippen LogP contribution in [0.25, 0.3) is 0 Å². The minimum absolute atomic E-state index is 0.381. The van der Waals surface area contributed by atoms with Crippen molar-refractivity contribution in [1.29, 1.82) is 0 Å². The van der Waals surface area contributed by atoms with E-state index in [0.717, 1.165) is 0 Å². The number of rotatable bonds is 6. The van der Waals surface area contributed by atoms with E-state index in [9.17, 15) is 4.79 Å². The third-order valence-electron chi connectivity index (χ3n) is 2.91. The quantitative estimate of drug-likeness (QED) is 0.630. The molecular formula is C16H15Cl2NO3. The average molecular weight is 340 g/mol. The van der Waals surface area contributed by atoms with Crippen molar-refractivity contribution >= 4 is 34.9 Å². The summed E-state index contributed by atoms with van der Waals surface area (Å²) in [7, 11) is 1.35. The van der Waals surface area contributed by atoms with Gasteiger partial charge in [0.15, 0.2) is 0 Å². The minimum atomic E-state index is -0.381. The molecule has 0 unspecified atom stereocenters. The third kappa shape index (κ3) is 4.29. The lowest BCUT2D eigenvalue weighted by Crippen LogP contribution is -2.14. The van der Waals surface area contributed by atoms with E-state index in [1.54, 1.807) is 30.3 Å². The second-order valence-corrected chi connectivity index (χ2v) is 5.20. The van der Waals surface area contributed by atoms with Crippen LogP contribution < -0.4 is 10.1 Å². The molecule has 22 heavy (non-hydrogen) atoms. The first kappa shape index (κ1) is 16.5. The molecule has 0 aliphatic carbocycles. The van der Waals surface area contributed by atoms with Gasteiger partial charge in [-0.25, -0.2) is 4.79 Å². The van der Waals surface area contributed by atoms with E-state index in [2.05, 4.69) is 5.32 Å². The summed E-state index contributed by atoms with van der Waals surface area (Å²) in [6.45, 7) is 0.932. The summed E-state index contributed by atoms with van der Waals surface area (Å²) in [5.74, 6) is 0.256. The maximum Gasteiger partial charge on any atom is 0.339 e. The van der Waals surface area contributed by atoms with Crippen molar-refractivity contribution in [3.8, 4) is 5.75 Å². The minimum Gasteiger partial charge on any atom is -0.492 e. The molecule has 0 amide bonds. The standard InChI is InChI=1S/C16H15Cl2NO3/c1-21-16(20)12-4-2-3-5-15(12)19-8-9-22-11-6-7-13(17)14(18)10-11/h2-7,10,19H,8-9H2,1H3. The van der Waals surface area contributed by atoms with E-state index in [-0.39, 0.29) is 5.97 Å². The van der Waals surface area contributed by atoms with Crippen molar-refractivity contribution in [3.63, 3.8) is 0 Å². The highest BCUT2D eigenvalue weighted by Crippen LogP contribution is 2.26. The molecule has 116 valence electrons. The molecule has 0 aromatic heterocycles. The van der Waals surface area contributed by atoms with Gasteiger partial charge in [-0.05, 0) is 24.3 Å². The number of esters is 1. The fourth-order valence-corrected chi connectivity index (χ4v) is 2.13. The van der Waals surface area contributed by atoms with Crippen LogP contribution in [0.2, 0.25) is 10.0 Å². The van der Waals surface area contributed by atoms with Crippen molar-refractivity contribution in [2.45, 2.75) is 0 Å². The molecule has 0 atom stereocenters. The van der Waals surface area contributed by atoms with Gasteiger partial charge in [0.1, 0.15) is 12.4 Å². The van der Waals surface area contributed by atoms with Gasteiger partial charge in [0, 0.05) is 18.3 Å². The van der Waals surface area contributed by atoms with E-state index in [4.69, 9.17) is 32.7 Å². The van der Waals surface area contributed by atoms with E-state index in [1.807, 2.05) is 12.1 Å². The Labute approximate surface area is 138 Å². The first-order valence-corrected chi connectivity index (χ1v) is 7.36. The van der Waals surface area contributed by atoms with E-state index >= 15 is 0 Å². The number of halogens is 2. The van der Waals surface area contributed by atoms with E-state index in [1.165, 1.54) is 7.11 Å². The maximum absolute atomic E-state index is 11.6. The summed E-state index contributed by atoms with van der Waals surface area (Å²) < 4.78 is 10.3. The van der Waals surface area contributed by atoms with Gasteiger partial charge < -0.3 is 14.8 Å². The molecule has 0 fully saturated rings. The molecule has 2 aromatic carbocycles. The average Bonchev–Trinajstić information content (AvgIpc) is 2.54. The number of carbonyl (C=O) groups is 1. The van der Waals surface area contributed by atoms with Gasteiger partial charge in [-0.1, -0.05) is 35.3 Å². The fraction of sp³-hybridized carbons (Fsp3) is 0.188. The van der Waals surface area contributed by atoms with Gasteiger partial charge in [-0.15, -0.1) is 0 Å². The molecule has 0 spiro atoms. The Hall–Kier alpha value is -1.91. The van der Waals surface area contributed by atoms with Crippen molar-refractivity contribution in [2.75, 3.05) is 25.6 Å². The van der Waals surface area contributed by atoms with Gasteiger partial charge in [0.05, 0.1) is 22.7 Å². The predicted octanol–water partition coefficient (Wildman–Crippen LogP) is 4.27. The van der Waals surface area contributed by atoms with Gasteiger partial charge in [0.2, 0.25) is 0 Å². The Bertz CT molecular complexity index is 662. The summed E-state index contributed by atoms with van der Waals surface area (Å²) in [6, 6.07) is 12.2. The number of para-hydroxylation sites is 1. The predicted molar refractivity (Wildman–Crippen MR) is 88.2 cm³/mol. The lowest BCUT2D eigenvalue weighted by atomic mass is 10.2. The van der Waals surface area contributed by atoms with E-state index in [0.29, 0.717) is 40.2 Å². The van der Waals surface area contributed by atoms with Crippen LogP contribution in [0.1, 0.15) is 10.4 Å². The Morgan fingerprint density at radius 3 is 2.64 bits per heavy atom. The molecule has 0 saturated carbocycles. The van der Waals surface area contributed by atoms with Crippen molar-refractivity contribution in [2.24, 2.45) is 0 Å². The number of benzene rings is 2. The topological polar surface area (TPSA) is 47.6 Å². The Balaban J connectivity index is 1.89. The molecule has 2 rings (SSSR count). The fourth-order valence-electron chi connectivity index (χ4n) is 1.85. The number of nitrogens with one attached hydrogen (secondary N) is 1. The molecular weight excluding hydrogens is 325 g/mol. The number of ether oxygens (including phenoxy) is 2. The normalized spacial score (nSPS) is 10.1. The zero-order valence-electron chi connectivity index (χ0n) is 11.9. The molecule has 4 nitrogen and oxygen atoms in total. The van der Waals surface area contributed by atoms with Crippen LogP contribution in [-0.4, -0.2) is 26.2 Å². The highest BCUT2D eigenvalue weighted by atomic mass is 35.5. The second-order valence-electron chi connectivity index (χ2n) is 4.39. The van der Waals surface area contributed by atoms with Crippen LogP contribution in [0.3, 0.4) is 0 Å². The number of hydrogen-bond donors (Lipinski definition) is 1. The molecule has 0 aliphatic heterocycles. The summed E-state index contributed by atoms with van der Waals surface area (Å²) in [5.41, 5.74) is 1.19. The monoisotopic (exact) mass is 339 g/mol. The second kappa shape index (κ2) is 7.92. The summed E-state index contributed by atoms with van der Waals surface area (Å²) in [5, 5.41) is 4.07. The number of methoxy groups -OCH3 is 1. The summed E-state index contributed by atoms with van der Waals surface area (Å²) in [6.07, 6.45) is 0. The van der Waals surface area contributed by atoms with Gasteiger partial charge in [0.25, 0.3) is 0 Å². The summed E-state index contributed by atoms with van der Waals surface area (Å²) in [4.78, 5) is 11.6. The van der Waals surface area contributed by atoms with Gasteiger partial charge >= 0.3 is 5.97 Å². The van der Waals surface area contributed by atoms with Gasteiger partial charge in [-0.3, -0.25) is 0 Å². The van der Waals surface area contributed by atoms with Crippen LogP contribution in [0.15, 0.2) is 42.5 Å². The smallest absolute Gasteiger partial charge is 0.339 e. The Morgan fingerprint density at radius 2 is 1.91 bits per heavy atom. The first-order chi connectivity index (χ1) is 10.6. The molecule has 0 saturated heterocycles. The number of carbonyl (C=O) groups excluding carboxylic acids is 1. The zero-order chi connectivity index (χ0) is 15.9. The number of anilines is 1. The van der Waals surface area contributed by atoms with Crippen LogP contribution in [0, 0.1) is 0 Å². The first-order valence-electron chi connectivity index (χ1n) is 6.61. The van der Waals surface area contributed by atoms with Crippen LogP contribution >= 0.6 is 23.2 Å². The van der Waals surface area contributed by atoms with Crippen molar-refractivity contribution in [3.05, 3.63) is 58.1 Å². The zero-order valence-corrected chi connectivity index (χ0v) is 13.4. The molecule has 0 heterocycles. The molecule has 0 radical (unpaired) electrons. The highest BCUT2D eigenvalue weighted by Gasteiger charge is 2.10. The van der Waals surface area contributed by atoms with Crippen LogP contribution in [0.4, 0.5) is 5.69 Å². The third-order valence-corrected chi connectivity index (χ3v) is 3.65. The molecule has 6 heteroatoms. The number of hydrogen-bond acceptors (Lipinski definition) is 4. The lowest BCUT2D eigenvalue weighted by Gasteiger charge is -2.11.